The van der Waals surface area contributed by atoms with Crippen LogP contribution in [-0.4, -0.2) is 41.2 Å². The van der Waals surface area contributed by atoms with Crippen molar-refractivity contribution in [3.8, 4) is 5.75 Å². The quantitative estimate of drug-likeness (QED) is 0.392. The van der Waals surface area contributed by atoms with Crippen molar-refractivity contribution in [2.24, 2.45) is 14.1 Å². The van der Waals surface area contributed by atoms with E-state index in [0.29, 0.717) is 11.4 Å². The number of aromatic nitrogens is 6. The second-order valence-electron chi connectivity index (χ2n) is 7.17. The van der Waals surface area contributed by atoms with Crippen LogP contribution in [0.4, 0.5) is 11.4 Å². The normalized spacial score (nSPS) is 10.8. The number of hydrogen-bond acceptors (Lipinski definition) is 6. The van der Waals surface area contributed by atoms with Crippen LogP contribution in [0.2, 0.25) is 0 Å². The van der Waals surface area contributed by atoms with E-state index in [0.717, 1.165) is 10.2 Å². The lowest BCUT2D eigenvalue weighted by molar-refractivity contribution is 0.101. The van der Waals surface area contributed by atoms with Crippen molar-refractivity contribution in [3.63, 3.8) is 0 Å². The molecule has 2 amide bonds. The first-order valence-electron chi connectivity index (χ1n) is 9.87. The average molecular weight is 513 g/mol. The molecule has 2 N–H and O–H groups in total. The molecular formula is C21H21BrN8O3. The van der Waals surface area contributed by atoms with Gasteiger partial charge in [-0.15, -0.1) is 0 Å². The van der Waals surface area contributed by atoms with Crippen molar-refractivity contribution in [3.05, 3.63) is 70.5 Å². The number of nitrogens with one attached hydrogen (secondary N) is 2. The van der Waals surface area contributed by atoms with E-state index in [2.05, 4.69) is 41.9 Å². The lowest BCUT2D eigenvalue weighted by Gasteiger charge is -2.08. The first-order chi connectivity index (χ1) is 15.8. The van der Waals surface area contributed by atoms with Crippen molar-refractivity contribution in [2.75, 3.05) is 10.6 Å². The van der Waals surface area contributed by atoms with Crippen LogP contribution >= 0.6 is 15.9 Å². The van der Waals surface area contributed by atoms with Gasteiger partial charge in [-0.3, -0.25) is 19.0 Å². The Morgan fingerprint density at radius 1 is 0.970 bits per heavy atom. The molecular weight excluding hydrogens is 492 g/mol. The van der Waals surface area contributed by atoms with E-state index < -0.39 is 11.8 Å². The Morgan fingerprint density at radius 3 is 2.33 bits per heavy atom. The molecule has 12 heteroatoms. The van der Waals surface area contributed by atoms with E-state index in [1.165, 1.54) is 15.6 Å². The lowest BCUT2D eigenvalue weighted by Crippen LogP contribution is -2.21. The Labute approximate surface area is 197 Å². The van der Waals surface area contributed by atoms with Crippen LogP contribution in [0.25, 0.3) is 0 Å². The summed E-state index contributed by atoms with van der Waals surface area (Å²) in [6, 6.07) is 8.95. The molecule has 0 fully saturated rings. The highest BCUT2D eigenvalue weighted by Crippen LogP contribution is 2.20. The van der Waals surface area contributed by atoms with Crippen LogP contribution in [0.1, 0.15) is 26.7 Å². The number of aryl methyl sites for hydroxylation is 2. The summed E-state index contributed by atoms with van der Waals surface area (Å²) >= 11 is 3.37. The molecule has 0 aliphatic rings. The maximum atomic E-state index is 12.8. The van der Waals surface area contributed by atoms with E-state index in [1.54, 1.807) is 37.2 Å². The molecule has 1 aromatic carbocycles. The van der Waals surface area contributed by atoms with Crippen molar-refractivity contribution in [1.82, 2.24) is 29.3 Å². The van der Waals surface area contributed by atoms with Gasteiger partial charge in [0.05, 0.1) is 29.5 Å². The van der Waals surface area contributed by atoms with Crippen LogP contribution in [0.5, 0.6) is 5.75 Å². The number of nitrogens with zero attached hydrogens (tertiary/aromatic N) is 6. The van der Waals surface area contributed by atoms with Crippen LogP contribution in [0.15, 0.2) is 53.4 Å². The summed E-state index contributed by atoms with van der Waals surface area (Å²) < 4.78 is 11.1. The van der Waals surface area contributed by atoms with Crippen LogP contribution in [-0.2, 0) is 20.8 Å². The Hall–Kier alpha value is -3.93. The van der Waals surface area contributed by atoms with E-state index in [1.807, 2.05) is 31.2 Å². The minimum Gasteiger partial charge on any atom is -0.471 e. The van der Waals surface area contributed by atoms with E-state index in [-0.39, 0.29) is 23.8 Å². The molecule has 3 heterocycles. The molecule has 3 aromatic heterocycles. The van der Waals surface area contributed by atoms with Crippen molar-refractivity contribution in [2.45, 2.75) is 13.7 Å². The number of ether oxygens (including phenoxy) is 1. The number of halogens is 1. The summed E-state index contributed by atoms with van der Waals surface area (Å²) in [5, 5.41) is 17.9. The second kappa shape index (κ2) is 9.28. The SMILES string of the molecule is Cc1c(NC(=O)c2c(NC(=O)c3ccn(COc4ccc(Br)cc4)n3)cnn2C)cnn1C. The van der Waals surface area contributed by atoms with Gasteiger partial charge >= 0.3 is 0 Å². The average Bonchev–Trinajstić information content (AvgIpc) is 3.49. The molecule has 0 bridgehead atoms. The maximum Gasteiger partial charge on any atom is 0.276 e. The zero-order chi connectivity index (χ0) is 23.5. The third-order valence-electron chi connectivity index (χ3n) is 4.94. The second-order valence-corrected chi connectivity index (χ2v) is 8.09. The minimum absolute atomic E-state index is 0.139. The maximum absolute atomic E-state index is 12.8. The Kier molecular flexibility index (Phi) is 6.27. The fourth-order valence-corrected chi connectivity index (χ4v) is 3.28. The molecule has 4 rings (SSSR count). The number of amides is 2. The number of anilines is 2. The molecule has 11 nitrogen and oxygen atoms in total. The summed E-state index contributed by atoms with van der Waals surface area (Å²) in [7, 11) is 3.40. The van der Waals surface area contributed by atoms with E-state index in [4.69, 9.17) is 4.74 Å². The van der Waals surface area contributed by atoms with Gasteiger partial charge in [0, 0.05) is 24.8 Å². The third kappa shape index (κ3) is 4.95. The van der Waals surface area contributed by atoms with Crippen molar-refractivity contribution < 1.29 is 14.3 Å². The smallest absolute Gasteiger partial charge is 0.276 e. The van der Waals surface area contributed by atoms with Crippen LogP contribution in [0.3, 0.4) is 0 Å². The summed E-state index contributed by atoms with van der Waals surface area (Å²) in [5.74, 6) is -0.221. The van der Waals surface area contributed by atoms with Gasteiger partial charge in [-0.25, -0.2) is 4.68 Å². The molecule has 4 aromatic rings. The summed E-state index contributed by atoms with van der Waals surface area (Å²) in [6.07, 6.45) is 4.61. The van der Waals surface area contributed by atoms with Gasteiger partial charge in [0.1, 0.15) is 11.4 Å². The van der Waals surface area contributed by atoms with E-state index >= 15 is 0 Å². The zero-order valence-electron chi connectivity index (χ0n) is 18.1. The van der Waals surface area contributed by atoms with E-state index in [9.17, 15) is 9.59 Å². The van der Waals surface area contributed by atoms with Gasteiger partial charge in [-0.05, 0) is 37.3 Å². The van der Waals surface area contributed by atoms with Crippen molar-refractivity contribution >= 4 is 39.1 Å². The molecule has 33 heavy (non-hydrogen) atoms. The molecule has 0 unspecified atom stereocenters. The standard InChI is InChI=1S/C21H21BrN8O3/c1-13-17(10-23-28(13)2)25-21(32)19-18(11-24-29(19)3)26-20(31)16-8-9-30(27-16)12-33-15-6-4-14(22)5-7-15/h4-11H,12H2,1-3H3,(H,25,32)(H,26,31). The number of benzene rings is 1. The minimum atomic E-state index is -0.475. The highest BCUT2D eigenvalue weighted by atomic mass is 79.9. The molecule has 170 valence electrons. The summed E-state index contributed by atoms with van der Waals surface area (Å²) in [5.41, 5.74) is 2.01. The predicted octanol–water partition coefficient (Wildman–Crippen LogP) is 2.96. The van der Waals surface area contributed by atoms with Crippen molar-refractivity contribution in [1.29, 1.82) is 0 Å². The Morgan fingerprint density at radius 2 is 1.64 bits per heavy atom. The Balaban J connectivity index is 1.42. The highest BCUT2D eigenvalue weighted by Gasteiger charge is 2.21. The van der Waals surface area contributed by atoms with Gasteiger partial charge < -0.3 is 15.4 Å². The predicted molar refractivity (Wildman–Crippen MR) is 124 cm³/mol. The van der Waals surface area contributed by atoms with Gasteiger partial charge in [-0.1, -0.05) is 15.9 Å². The Bertz CT molecular complexity index is 1310. The highest BCUT2D eigenvalue weighted by molar-refractivity contribution is 9.10. The largest absolute Gasteiger partial charge is 0.471 e. The monoisotopic (exact) mass is 512 g/mol. The number of carbonyl (C=O) groups excluding carboxylic acids is 2. The van der Waals surface area contributed by atoms with Gasteiger partial charge in [0.15, 0.2) is 12.4 Å². The fourth-order valence-electron chi connectivity index (χ4n) is 3.01. The summed E-state index contributed by atoms with van der Waals surface area (Å²) in [4.78, 5) is 25.6. The molecule has 0 saturated heterocycles. The zero-order valence-corrected chi connectivity index (χ0v) is 19.7. The molecule has 0 radical (unpaired) electrons. The molecule has 0 saturated carbocycles. The molecule has 0 aliphatic carbocycles. The van der Waals surface area contributed by atoms with Crippen LogP contribution < -0.4 is 15.4 Å². The number of hydrogen-bond donors (Lipinski definition) is 2. The van der Waals surface area contributed by atoms with Gasteiger partial charge in [-0.2, -0.15) is 15.3 Å². The molecule has 0 aliphatic heterocycles. The van der Waals surface area contributed by atoms with Crippen LogP contribution in [0, 0.1) is 6.92 Å². The number of carbonyl (C=O) groups is 2. The third-order valence-corrected chi connectivity index (χ3v) is 5.46. The first kappa shape index (κ1) is 22.3. The molecule has 0 atom stereocenters. The summed E-state index contributed by atoms with van der Waals surface area (Å²) in [6.45, 7) is 1.98. The number of rotatable bonds is 7. The topological polar surface area (TPSA) is 121 Å². The fraction of sp³-hybridized carbons (Fsp3) is 0.190. The van der Waals surface area contributed by atoms with Gasteiger partial charge in [0.25, 0.3) is 11.8 Å². The lowest BCUT2D eigenvalue weighted by atomic mass is 10.3. The van der Waals surface area contributed by atoms with Gasteiger partial charge in [0.2, 0.25) is 0 Å². The first-order valence-corrected chi connectivity index (χ1v) is 10.7. The molecule has 0 spiro atoms.